The van der Waals surface area contributed by atoms with Gasteiger partial charge in [-0.3, -0.25) is 0 Å². The maximum atomic E-state index is 11.8. The van der Waals surface area contributed by atoms with Crippen LogP contribution < -0.4 is 0 Å². The summed E-state index contributed by atoms with van der Waals surface area (Å²) in [6, 6.07) is 0. The van der Waals surface area contributed by atoms with Crippen molar-refractivity contribution in [3.63, 3.8) is 0 Å². The summed E-state index contributed by atoms with van der Waals surface area (Å²) in [5.74, 6) is -1.17. The molecule has 7 nitrogen and oxygen atoms in total. The van der Waals surface area contributed by atoms with Crippen LogP contribution in [0.3, 0.4) is 0 Å². The normalized spacial score (nSPS) is 25.4. The Kier molecular flexibility index (Phi) is 4.53. The molecule has 7 heteroatoms. The van der Waals surface area contributed by atoms with Gasteiger partial charge < -0.3 is 24.6 Å². The summed E-state index contributed by atoms with van der Waals surface area (Å²) in [6.45, 7) is 4.88. The number of hydrogen-bond acceptors (Lipinski definition) is 5. The third kappa shape index (κ3) is 4.50. The Morgan fingerprint density at radius 2 is 1.94 bits per heavy atom. The minimum atomic E-state index is -1.17. The number of carbonyl (C=O) groups excluding carboxylic acids is 1. The number of carboxylic acids is 1. The molecule has 0 aromatic rings. The number of nitrogens with zero attached hydrogens (tertiary/aromatic N) is 1. The van der Waals surface area contributed by atoms with Crippen LogP contribution in [0.1, 0.15) is 20.8 Å². The first-order chi connectivity index (χ1) is 8.19. The number of amides is 1. The molecule has 0 aromatic carbocycles. The Hall–Kier alpha value is -1.34. The molecule has 1 fully saturated rings. The van der Waals surface area contributed by atoms with Crippen LogP contribution in [-0.2, 0) is 14.3 Å². The Bertz CT molecular complexity index is 324. The number of hydrogen-bond donors (Lipinski definition) is 2. The monoisotopic (exact) mass is 261 g/mol. The molecule has 18 heavy (non-hydrogen) atoms. The van der Waals surface area contributed by atoms with Crippen LogP contribution in [0.15, 0.2) is 0 Å². The van der Waals surface area contributed by atoms with Crippen LogP contribution in [0.4, 0.5) is 4.79 Å². The fraction of sp³-hybridized carbons (Fsp3) is 0.818. The van der Waals surface area contributed by atoms with Crippen molar-refractivity contribution in [1.82, 2.24) is 4.90 Å². The zero-order valence-corrected chi connectivity index (χ0v) is 10.8. The smallest absolute Gasteiger partial charge is 0.410 e. The highest BCUT2D eigenvalue weighted by Crippen LogP contribution is 2.13. The lowest BCUT2D eigenvalue weighted by atomic mass is 10.2. The molecule has 1 amide bonds. The number of carboxylic acid groups (broad SMARTS) is 1. The maximum Gasteiger partial charge on any atom is 0.410 e. The predicted octanol–water partition coefficient (Wildman–Crippen LogP) is 0.0678. The van der Waals surface area contributed by atoms with Crippen LogP contribution in [0.5, 0.6) is 0 Å². The van der Waals surface area contributed by atoms with Gasteiger partial charge in [0.15, 0.2) is 6.10 Å². The molecule has 0 aromatic heterocycles. The second-order valence-corrected chi connectivity index (χ2v) is 5.20. The van der Waals surface area contributed by atoms with Gasteiger partial charge in [-0.15, -0.1) is 0 Å². The molecule has 0 unspecified atom stereocenters. The highest BCUT2D eigenvalue weighted by atomic mass is 16.6. The van der Waals surface area contributed by atoms with Crippen molar-refractivity contribution in [1.29, 1.82) is 0 Å². The number of β-amino-alcohol motifs (C(OH)–C–C–N with tert-alkyl or cyclic N) is 1. The van der Waals surface area contributed by atoms with E-state index in [9.17, 15) is 14.7 Å². The van der Waals surface area contributed by atoms with E-state index in [1.165, 1.54) is 0 Å². The molecular weight excluding hydrogens is 242 g/mol. The summed E-state index contributed by atoms with van der Waals surface area (Å²) < 4.78 is 10.1. The Morgan fingerprint density at radius 3 is 2.44 bits per heavy atom. The maximum absolute atomic E-state index is 11.8. The lowest BCUT2D eigenvalue weighted by molar-refractivity contribution is -0.151. The van der Waals surface area contributed by atoms with Crippen LogP contribution in [-0.4, -0.2) is 64.7 Å². The van der Waals surface area contributed by atoms with Crippen molar-refractivity contribution >= 4 is 12.1 Å². The van der Waals surface area contributed by atoms with Crippen molar-refractivity contribution in [2.75, 3.05) is 19.7 Å². The van der Waals surface area contributed by atoms with E-state index in [0.717, 1.165) is 4.90 Å². The topological polar surface area (TPSA) is 96.3 Å². The van der Waals surface area contributed by atoms with Crippen LogP contribution in [0.2, 0.25) is 0 Å². The fourth-order valence-electron chi connectivity index (χ4n) is 1.49. The average molecular weight is 261 g/mol. The highest BCUT2D eigenvalue weighted by molar-refractivity contribution is 5.74. The summed E-state index contributed by atoms with van der Waals surface area (Å²) in [5.41, 5.74) is -0.673. The third-order valence-electron chi connectivity index (χ3n) is 2.23. The van der Waals surface area contributed by atoms with Gasteiger partial charge in [0.1, 0.15) is 5.60 Å². The van der Waals surface area contributed by atoms with Gasteiger partial charge in [0, 0.05) is 0 Å². The molecule has 104 valence electrons. The van der Waals surface area contributed by atoms with Crippen molar-refractivity contribution < 1.29 is 29.3 Å². The minimum Gasteiger partial charge on any atom is -0.479 e. The lowest BCUT2D eigenvalue weighted by Gasteiger charge is -2.27. The fourth-order valence-corrected chi connectivity index (χ4v) is 1.49. The zero-order chi connectivity index (χ0) is 13.9. The number of rotatable bonds is 1. The Labute approximate surface area is 105 Å². The molecule has 2 N–H and O–H groups in total. The van der Waals surface area contributed by atoms with Crippen LogP contribution in [0, 0.1) is 0 Å². The average Bonchev–Trinajstić information content (AvgIpc) is 2.37. The van der Waals surface area contributed by atoms with Crippen molar-refractivity contribution in [3.8, 4) is 0 Å². The van der Waals surface area contributed by atoms with E-state index in [1.807, 2.05) is 0 Å². The van der Waals surface area contributed by atoms with E-state index in [1.54, 1.807) is 20.8 Å². The Morgan fingerprint density at radius 1 is 1.33 bits per heavy atom. The molecule has 0 radical (unpaired) electrons. The molecule has 1 aliphatic rings. The van der Waals surface area contributed by atoms with Crippen molar-refractivity contribution in [2.24, 2.45) is 0 Å². The number of aliphatic hydroxyl groups excluding tert-OH is 1. The first-order valence-electron chi connectivity index (χ1n) is 5.69. The standard InChI is InChI=1S/C11H19NO6/c1-11(2,3)18-10(16)12-4-7(13)6-17-8(5-12)9(14)15/h7-8,13H,4-6H2,1-3H3,(H,14,15)/t7-,8-/m0/s1. The predicted molar refractivity (Wildman–Crippen MR) is 61.2 cm³/mol. The summed E-state index contributed by atoms with van der Waals surface area (Å²) >= 11 is 0. The molecular formula is C11H19NO6. The summed E-state index contributed by atoms with van der Waals surface area (Å²) in [5, 5.41) is 18.4. The largest absolute Gasteiger partial charge is 0.479 e. The molecule has 1 saturated heterocycles. The van der Waals surface area contributed by atoms with Gasteiger partial charge in [0.25, 0.3) is 0 Å². The summed E-state index contributed by atoms with van der Waals surface area (Å²) in [6.07, 6.45) is -2.71. The van der Waals surface area contributed by atoms with Crippen LogP contribution in [0.25, 0.3) is 0 Å². The van der Waals surface area contributed by atoms with Gasteiger partial charge in [-0.05, 0) is 20.8 Å². The minimum absolute atomic E-state index is 0.00130. The van der Waals surface area contributed by atoms with Gasteiger partial charge in [0.05, 0.1) is 25.8 Å². The number of aliphatic hydroxyl groups is 1. The van der Waals surface area contributed by atoms with Crippen molar-refractivity contribution in [3.05, 3.63) is 0 Å². The lowest BCUT2D eigenvalue weighted by Crippen LogP contribution is -2.44. The second kappa shape index (κ2) is 5.53. The first kappa shape index (κ1) is 14.7. The third-order valence-corrected chi connectivity index (χ3v) is 2.23. The molecule has 1 aliphatic heterocycles. The van der Waals surface area contributed by atoms with Gasteiger partial charge in [-0.1, -0.05) is 0 Å². The quantitative estimate of drug-likeness (QED) is 0.693. The van der Waals surface area contributed by atoms with Crippen LogP contribution >= 0.6 is 0 Å². The second-order valence-electron chi connectivity index (χ2n) is 5.20. The number of aliphatic carboxylic acids is 1. The Balaban J connectivity index is 2.72. The number of carbonyl (C=O) groups is 2. The van der Waals surface area contributed by atoms with E-state index >= 15 is 0 Å². The van der Waals surface area contributed by atoms with E-state index in [4.69, 9.17) is 14.6 Å². The molecule has 0 saturated carbocycles. The molecule has 2 atom stereocenters. The zero-order valence-electron chi connectivity index (χ0n) is 10.8. The molecule has 0 aliphatic carbocycles. The van der Waals surface area contributed by atoms with E-state index in [2.05, 4.69) is 0 Å². The molecule has 1 rings (SSSR count). The molecule has 0 bridgehead atoms. The van der Waals surface area contributed by atoms with Gasteiger partial charge in [0.2, 0.25) is 0 Å². The SMILES string of the molecule is CC(C)(C)OC(=O)N1C[C@H](O)CO[C@H](C(=O)O)C1. The molecule has 0 spiro atoms. The van der Waals surface area contributed by atoms with E-state index < -0.39 is 29.9 Å². The van der Waals surface area contributed by atoms with Gasteiger partial charge in [-0.25, -0.2) is 9.59 Å². The molecule has 1 heterocycles. The van der Waals surface area contributed by atoms with Crippen molar-refractivity contribution in [2.45, 2.75) is 38.6 Å². The number of ether oxygens (including phenoxy) is 2. The van der Waals surface area contributed by atoms with Gasteiger partial charge in [-0.2, -0.15) is 0 Å². The summed E-state index contributed by atoms with van der Waals surface area (Å²) in [7, 11) is 0. The summed E-state index contributed by atoms with van der Waals surface area (Å²) in [4.78, 5) is 23.9. The van der Waals surface area contributed by atoms with E-state index in [-0.39, 0.29) is 19.7 Å². The first-order valence-corrected chi connectivity index (χ1v) is 5.69. The van der Waals surface area contributed by atoms with Gasteiger partial charge >= 0.3 is 12.1 Å². The highest BCUT2D eigenvalue weighted by Gasteiger charge is 2.32. The van der Waals surface area contributed by atoms with E-state index in [0.29, 0.717) is 0 Å².